The summed E-state index contributed by atoms with van der Waals surface area (Å²) in [6.07, 6.45) is 3.19. The minimum absolute atomic E-state index is 0.159. The molecule has 2 fully saturated rings. The van der Waals surface area contributed by atoms with E-state index in [1.165, 1.54) is 0 Å². The van der Waals surface area contributed by atoms with Crippen LogP contribution in [0.1, 0.15) is 26.2 Å². The summed E-state index contributed by atoms with van der Waals surface area (Å²) < 4.78 is 28.4. The van der Waals surface area contributed by atoms with E-state index in [0.29, 0.717) is 23.5 Å². The van der Waals surface area contributed by atoms with Crippen LogP contribution in [0.3, 0.4) is 0 Å². The van der Waals surface area contributed by atoms with Crippen LogP contribution in [0.25, 0.3) is 0 Å². The van der Waals surface area contributed by atoms with Gasteiger partial charge in [-0.15, -0.1) is 0 Å². The van der Waals surface area contributed by atoms with Gasteiger partial charge >= 0.3 is 0 Å². The third-order valence-corrected chi connectivity index (χ3v) is 5.49. The monoisotopic (exact) mass is 247 g/mol. The molecule has 1 N–H and O–H groups in total. The van der Waals surface area contributed by atoms with Gasteiger partial charge in [0, 0.05) is 19.2 Å². The summed E-state index contributed by atoms with van der Waals surface area (Å²) >= 11 is 0. The number of sulfone groups is 1. The average molecular weight is 247 g/mol. The fourth-order valence-electron chi connectivity index (χ4n) is 2.55. The van der Waals surface area contributed by atoms with Gasteiger partial charge in [0.2, 0.25) is 0 Å². The highest BCUT2D eigenvalue weighted by Gasteiger charge is 2.28. The van der Waals surface area contributed by atoms with Crippen LogP contribution in [-0.2, 0) is 14.6 Å². The molecule has 2 heterocycles. The molecule has 94 valence electrons. The van der Waals surface area contributed by atoms with Gasteiger partial charge in [-0.2, -0.15) is 0 Å². The van der Waals surface area contributed by atoms with Gasteiger partial charge < -0.3 is 10.1 Å². The molecule has 5 heteroatoms. The summed E-state index contributed by atoms with van der Waals surface area (Å²) in [5, 5.41) is 3.39. The zero-order valence-corrected chi connectivity index (χ0v) is 10.6. The highest BCUT2D eigenvalue weighted by molar-refractivity contribution is 7.91. The van der Waals surface area contributed by atoms with Crippen LogP contribution < -0.4 is 5.32 Å². The predicted molar refractivity (Wildman–Crippen MR) is 63.2 cm³/mol. The molecule has 0 aromatic carbocycles. The minimum atomic E-state index is -2.78. The molecular formula is C11H21NO3S. The minimum Gasteiger partial charge on any atom is -0.378 e. The molecule has 2 rings (SSSR count). The van der Waals surface area contributed by atoms with E-state index < -0.39 is 9.84 Å². The first kappa shape index (κ1) is 12.3. The number of nitrogens with one attached hydrogen (secondary N) is 1. The highest BCUT2D eigenvalue weighted by Crippen LogP contribution is 2.20. The van der Waals surface area contributed by atoms with Crippen molar-refractivity contribution in [2.24, 2.45) is 5.92 Å². The summed E-state index contributed by atoms with van der Waals surface area (Å²) in [5.74, 6) is 1.23. The van der Waals surface area contributed by atoms with Gasteiger partial charge in [0.05, 0.1) is 17.6 Å². The van der Waals surface area contributed by atoms with Crippen LogP contribution in [0.15, 0.2) is 0 Å². The molecule has 3 atom stereocenters. The van der Waals surface area contributed by atoms with Crippen LogP contribution in [0.4, 0.5) is 0 Å². The molecule has 0 spiro atoms. The zero-order valence-electron chi connectivity index (χ0n) is 9.81. The Morgan fingerprint density at radius 1 is 1.38 bits per heavy atom. The fourth-order valence-corrected chi connectivity index (χ4v) is 4.22. The second-order valence-corrected chi connectivity index (χ2v) is 7.22. The number of hydrogen-bond donors (Lipinski definition) is 1. The molecule has 0 aliphatic carbocycles. The maximum atomic E-state index is 11.5. The van der Waals surface area contributed by atoms with Gasteiger partial charge in [0.1, 0.15) is 0 Å². The fraction of sp³-hybridized carbons (Fsp3) is 1.00. The molecule has 3 unspecified atom stereocenters. The Morgan fingerprint density at radius 2 is 2.19 bits per heavy atom. The molecule has 4 nitrogen and oxygen atoms in total. The first-order valence-corrected chi connectivity index (χ1v) is 7.94. The van der Waals surface area contributed by atoms with E-state index >= 15 is 0 Å². The zero-order chi connectivity index (χ0) is 11.6. The largest absolute Gasteiger partial charge is 0.378 e. The molecule has 0 radical (unpaired) electrons. The van der Waals surface area contributed by atoms with Crippen LogP contribution in [0.2, 0.25) is 0 Å². The van der Waals surface area contributed by atoms with Crippen LogP contribution in [0, 0.1) is 5.92 Å². The molecule has 0 aromatic heterocycles. The molecule has 0 saturated carbocycles. The Labute approximate surface area is 97.7 Å². The van der Waals surface area contributed by atoms with Gasteiger partial charge in [-0.25, -0.2) is 8.42 Å². The Bertz CT molecular complexity index is 328. The third kappa shape index (κ3) is 3.18. The van der Waals surface area contributed by atoms with E-state index in [-0.39, 0.29) is 6.04 Å². The topological polar surface area (TPSA) is 55.4 Å². The van der Waals surface area contributed by atoms with E-state index in [1.807, 2.05) is 0 Å². The Kier molecular flexibility index (Phi) is 3.87. The van der Waals surface area contributed by atoms with Crippen molar-refractivity contribution in [3.05, 3.63) is 0 Å². The molecule has 2 saturated heterocycles. The number of ether oxygens (including phenoxy) is 1. The van der Waals surface area contributed by atoms with Crippen molar-refractivity contribution >= 4 is 9.84 Å². The van der Waals surface area contributed by atoms with Crippen LogP contribution in [0.5, 0.6) is 0 Å². The highest BCUT2D eigenvalue weighted by atomic mass is 32.2. The molecule has 16 heavy (non-hydrogen) atoms. The second-order valence-electron chi connectivity index (χ2n) is 4.99. The lowest BCUT2D eigenvalue weighted by atomic mass is 10.0. The quantitative estimate of drug-likeness (QED) is 0.792. The summed E-state index contributed by atoms with van der Waals surface area (Å²) in [6.45, 7) is 3.83. The summed E-state index contributed by atoms with van der Waals surface area (Å²) in [4.78, 5) is 0. The van der Waals surface area contributed by atoms with Crippen LogP contribution >= 0.6 is 0 Å². The lowest BCUT2D eigenvalue weighted by Gasteiger charge is -2.25. The van der Waals surface area contributed by atoms with E-state index in [2.05, 4.69) is 12.2 Å². The lowest BCUT2D eigenvalue weighted by molar-refractivity contribution is 0.105. The van der Waals surface area contributed by atoms with Crippen molar-refractivity contribution in [1.82, 2.24) is 5.32 Å². The first-order valence-electron chi connectivity index (χ1n) is 6.12. The van der Waals surface area contributed by atoms with Gasteiger partial charge in [-0.3, -0.25) is 0 Å². The van der Waals surface area contributed by atoms with Gasteiger partial charge in [0.15, 0.2) is 9.84 Å². The van der Waals surface area contributed by atoms with E-state index in [0.717, 1.165) is 32.4 Å². The average Bonchev–Trinajstić information content (AvgIpc) is 2.60. The van der Waals surface area contributed by atoms with Crippen molar-refractivity contribution in [3.8, 4) is 0 Å². The normalized spacial score (nSPS) is 38.7. The first-order chi connectivity index (χ1) is 7.57. The lowest BCUT2D eigenvalue weighted by Crippen LogP contribution is -2.42. The standard InChI is InChI=1S/C11H21NO3S/c1-9-10(4-5-15-9)7-12-11-3-2-6-16(13,14)8-11/h9-12H,2-8H2,1H3. The molecule has 2 aliphatic rings. The van der Waals surface area contributed by atoms with E-state index in [1.54, 1.807) is 0 Å². The number of hydrogen-bond acceptors (Lipinski definition) is 4. The predicted octanol–water partition coefficient (Wildman–Crippen LogP) is 0.578. The van der Waals surface area contributed by atoms with Crippen molar-refractivity contribution in [3.63, 3.8) is 0 Å². The Hall–Kier alpha value is -0.130. The summed E-state index contributed by atoms with van der Waals surface area (Å²) in [6, 6.07) is 0.159. The SMILES string of the molecule is CC1OCCC1CNC1CCCS(=O)(=O)C1. The molecule has 0 bridgehead atoms. The maximum Gasteiger partial charge on any atom is 0.151 e. The van der Waals surface area contributed by atoms with Gasteiger partial charge in [-0.1, -0.05) is 0 Å². The van der Waals surface area contributed by atoms with E-state index in [4.69, 9.17) is 4.74 Å². The summed E-state index contributed by atoms with van der Waals surface area (Å²) in [5.41, 5.74) is 0. The molecular weight excluding hydrogens is 226 g/mol. The summed E-state index contributed by atoms with van der Waals surface area (Å²) in [7, 11) is -2.78. The third-order valence-electron chi connectivity index (χ3n) is 3.67. The van der Waals surface area contributed by atoms with Gasteiger partial charge in [0.25, 0.3) is 0 Å². The van der Waals surface area contributed by atoms with Crippen molar-refractivity contribution in [2.45, 2.75) is 38.3 Å². The van der Waals surface area contributed by atoms with Crippen molar-refractivity contribution < 1.29 is 13.2 Å². The molecule has 0 aromatic rings. The Morgan fingerprint density at radius 3 is 2.81 bits per heavy atom. The number of rotatable bonds is 3. The van der Waals surface area contributed by atoms with E-state index in [9.17, 15) is 8.42 Å². The Balaban J connectivity index is 1.77. The van der Waals surface area contributed by atoms with Crippen molar-refractivity contribution in [1.29, 1.82) is 0 Å². The van der Waals surface area contributed by atoms with Gasteiger partial charge in [-0.05, 0) is 32.1 Å². The maximum absolute atomic E-state index is 11.5. The smallest absolute Gasteiger partial charge is 0.151 e. The molecule has 2 aliphatic heterocycles. The van der Waals surface area contributed by atoms with Crippen LogP contribution in [-0.4, -0.2) is 45.2 Å². The second kappa shape index (κ2) is 5.02. The van der Waals surface area contributed by atoms with Crippen molar-refractivity contribution in [2.75, 3.05) is 24.7 Å². The molecule has 0 amide bonds.